The fourth-order valence-electron chi connectivity index (χ4n) is 3.95. The van der Waals surface area contributed by atoms with Crippen LogP contribution in [0.25, 0.3) is 16.2 Å². The van der Waals surface area contributed by atoms with Crippen LogP contribution in [0.15, 0.2) is 77.3 Å². The number of anilines is 4. The van der Waals surface area contributed by atoms with E-state index in [2.05, 4.69) is 21.2 Å². The highest BCUT2D eigenvalue weighted by atomic mass is 16.4. The van der Waals surface area contributed by atoms with Crippen molar-refractivity contribution in [3.8, 4) is 17.4 Å². The van der Waals surface area contributed by atoms with Gasteiger partial charge in [-0.1, -0.05) is 36.4 Å². The lowest BCUT2D eigenvalue weighted by Gasteiger charge is -2.20. The summed E-state index contributed by atoms with van der Waals surface area (Å²) >= 11 is 0. The van der Waals surface area contributed by atoms with Crippen molar-refractivity contribution in [2.45, 2.75) is 6.92 Å². The highest BCUT2D eigenvalue weighted by molar-refractivity contribution is 6.06. The van der Waals surface area contributed by atoms with E-state index in [1.165, 1.54) is 0 Å². The third kappa shape index (κ3) is 4.29. The molecule has 8 heteroatoms. The smallest absolute Gasteiger partial charge is 0.329 e. The Morgan fingerprint density at radius 3 is 2.51 bits per heavy atom. The molecule has 1 fully saturated rings. The van der Waals surface area contributed by atoms with Gasteiger partial charge in [0.1, 0.15) is 0 Å². The molecule has 170 valence electrons. The van der Waals surface area contributed by atoms with Gasteiger partial charge < -0.3 is 9.73 Å². The lowest BCUT2D eigenvalue weighted by Crippen LogP contribution is -2.31. The van der Waals surface area contributed by atoms with Crippen LogP contribution in [-0.2, 0) is 0 Å². The topological polar surface area (TPSA) is 89.8 Å². The van der Waals surface area contributed by atoms with Crippen LogP contribution < -0.4 is 15.1 Å². The van der Waals surface area contributed by atoms with E-state index < -0.39 is 0 Å². The molecule has 0 atom stereocenters. The summed E-state index contributed by atoms with van der Waals surface area (Å²) in [5, 5.41) is 12.4. The van der Waals surface area contributed by atoms with Crippen molar-refractivity contribution in [2.24, 2.45) is 0 Å². The number of hydrogen-bond acceptors (Lipinski definition) is 5. The molecule has 0 radical (unpaired) electrons. The molecule has 5 rings (SSSR count). The first-order chi connectivity index (χ1) is 17.1. The summed E-state index contributed by atoms with van der Waals surface area (Å²) in [5.41, 5.74) is 5.11. The van der Waals surface area contributed by atoms with Gasteiger partial charge in [0.05, 0.1) is 24.4 Å². The summed E-state index contributed by atoms with van der Waals surface area (Å²) in [4.78, 5) is 24.3. The molecule has 35 heavy (non-hydrogen) atoms. The average molecular weight is 460 g/mol. The van der Waals surface area contributed by atoms with Gasteiger partial charge in [-0.3, -0.25) is 9.80 Å². The predicted molar refractivity (Wildman–Crippen MR) is 134 cm³/mol. The zero-order chi connectivity index (χ0) is 24.4. The van der Waals surface area contributed by atoms with E-state index in [1.807, 2.05) is 43.3 Å². The Balaban J connectivity index is 1.35. The summed E-state index contributed by atoms with van der Waals surface area (Å²) in [6.45, 7) is 10.1. The number of amides is 2. The zero-order valence-corrected chi connectivity index (χ0v) is 18.9. The van der Waals surface area contributed by atoms with Crippen molar-refractivity contribution in [3.63, 3.8) is 0 Å². The molecule has 0 bridgehead atoms. The van der Waals surface area contributed by atoms with E-state index in [0.717, 1.165) is 22.5 Å². The predicted octanol–water partition coefficient (Wildman–Crippen LogP) is 6.26. The van der Waals surface area contributed by atoms with Gasteiger partial charge in [0.15, 0.2) is 11.4 Å². The largest absolute Gasteiger partial charge is 0.423 e. The van der Waals surface area contributed by atoms with Gasteiger partial charge in [-0.05, 0) is 42.8 Å². The normalized spacial score (nSPS) is 12.9. The Hall–Kier alpha value is -5.08. The van der Waals surface area contributed by atoms with Crippen molar-refractivity contribution in [3.05, 3.63) is 95.5 Å². The molecule has 0 unspecified atom stereocenters. The number of carbonyl (C=O) groups excluding carboxylic acids is 1. The quantitative estimate of drug-likeness (QED) is 0.355. The number of rotatable bonds is 5. The standard InChI is InChI=1S/C27H20N6O2/c1-18-6-11-23(33-13-12-32(27(33)34)22-5-3-4-19(14-22)16-28)15-24(18)31-26-30-17-25(35-26)20-7-9-21(29-2)10-8-20/h3-11,14-15,17H,12-13H2,1H3,(H,30,31). The van der Waals surface area contributed by atoms with Crippen LogP contribution >= 0.6 is 0 Å². The number of nitrogens with one attached hydrogen (secondary N) is 1. The van der Waals surface area contributed by atoms with Gasteiger partial charge in [0.25, 0.3) is 6.01 Å². The zero-order valence-electron chi connectivity index (χ0n) is 18.9. The Morgan fingerprint density at radius 1 is 1.06 bits per heavy atom. The lowest BCUT2D eigenvalue weighted by molar-refractivity contribution is 0.256. The van der Waals surface area contributed by atoms with Crippen LogP contribution in [0.2, 0.25) is 0 Å². The van der Waals surface area contributed by atoms with E-state index in [9.17, 15) is 10.1 Å². The number of urea groups is 1. The lowest BCUT2D eigenvalue weighted by atomic mass is 10.1. The Kier molecular flexibility index (Phi) is 5.62. The summed E-state index contributed by atoms with van der Waals surface area (Å²) in [6.07, 6.45) is 1.63. The number of benzene rings is 3. The molecular formula is C27H20N6O2. The number of oxazole rings is 1. The van der Waals surface area contributed by atoms with E-state index in [0.29, 0.717) is 41.8 Å². The number of hydrogen-bond donors (Lipinski definition) is 1. The van der Waals surface area contributed by atoms with Crippen molar-refractivity contribution < 1.29 is 9.21 Å². The van der Waals surface area contributed by atoms with Crippen LogP contribution in [0.3, 0.4) is 0 Å². The third-order valence-corrected chi connectivity index (χ3v) is 5.86. The molecule has 0 aliphatic carbocycles. The molecule has 0 spiro atoms. The first-order valence-electron chi connectivity index (χ1n) is 11.0. The first-order valence-corrected chi connectivity index (χ1v) is 11.0. The SMILES string of the molecule is [C-]#[N+]c1ccc(-c2cnc(Nc3cc(N4CCN(c5cccc(C#N)c5)C4=O)ccc3C)o2)cc1. The number of aromatic nitrogens is 1. The van der Waals surface area contributed by atoms with Gasteiger partial charge in [0.2, 0.25) is 0 Å². The second-order valence-electron chi connectivity index (χ2n) is 8.06. The maximum absolute atomic E-state index is 13.2. The molecule has 3 aromatic carbocycles. The van der Waals surface area contributed by atoms with E-state index in [4.69, 9.17) is 11.0 Å². The molecule has 1 N–H and O–H groups in total. The van der Waals surface area contributed by atoms with E-state index in [1.54, 1.807) is 46.3 Å². The average Bonchev–Trinajstić information content (AvgIpc) is 3.52. The molecular weight excluding hydrogens is 440 g/mol. The Bertz CT molecular complexity index is 1490. The van der Waals surface area contributed by atoms with Gasteiger partial charge in [0, 0.05) is 35.7 Å². The number of nitrogens with zero attached hydrogens (tertiary/aromatic N) is 5. The molecule has 2 heterocycles. The minimum absolute atomic E-state index is 0.142. The minimum atomic E-state index is -0.142. The van der Waals surface area contributed by atoms with Gasteiger partial charge in [-0.15, -0.1) is 0 Å². The monoisotopic (exact) mass is 460 g/mol. The third-order valence-electron chi connectivity index (χ3n) is 5.86. The van der Waals surface area contributed by atoms with Crippen LogP contribution in [0.1, 0.15) is 11.1 Å². The molecule has 4 aromatic rings. The van der Waals surface area contributed by atoms with Gasteiger partial charge in [-0.25, -0.2) is 14.6 Å². The maximum atomic E-state index is 13.2. The Morgan fingerprint density at radius 2 is 1.80 bits per heavy atom. The van der Waals surface area contributed by atoms with Crippen LogP contribution in [-0.4, -0.2) is 24.1 Å². The second-order valence-corrected chi connectivity index (χ2v) is 8.06. The van der Waals surface area contributed by atoms with Crippen LogP contribution in [0, 0.1) is 24.8 Å². The molecule has 2 amide bonds. The van der Waals surface area contributed by atoms with Gasteiger partial charge >= 0.3 is 6.03 Å². The summed E-state index contributed by atoms with van der Waals surface area (Å²) in [7, 11) is 0. The highest BCUT2D eigenvalue weighted by Crippen LogP contribution is 2.31. The summed E-state index contributed by atoms with van der Waals surface area (Å²) in [6, 6.07) is 22.2. The number of nitriles is 1. The van der Waals surface area contributed by atoms with Crippen molar-refractivity contribution in [1.82, 2.24) is 4.98 Å². The molecule has 1 aromatic heterocycles. The minimum Gasteiger partial charge on any atom is -0.423 e. The van der Waals surface area contributed by atoms with Crippen LogP contribution in [0.4, 0.5) is 33.6 Å². The first kappa shape index (κ1) is 21.7. The molecule has 1 aliphatic rings. The molecule has 1 saturated heterocycles. The molecule has 0 saturated carbocycles. The van der Waals surface area contributed by atoms with E-state index in [-0.39, 0.29) is 6.03 Å². The van der Waals surface area contributed by atoms with Crippen LogP contribution in [0.5, 0.6) is 0 Å². The summed E-state index contributed by atoms with van der Waals surface area (Å²) in [5.74, 6) is 0.586. The van der Waals surface area contributed by atoms with E-state index >= 15 is 0 Å². The Labute approximate surface area is 202 Å². The highest BCUT2D eigenvalue weighted by Gasteiger charge is 2.31. The fourth-order valence-corrected chi connectivity index (χ4v) is 3.95. The van der Waals surface area contributed by atoms with Crippen molar-refractivity contribution in [1.29, 1.82) is 5.26 Å². The molecule has 1 aliphatic heterocycles. The number of aryl methyl sites for hydroxylation is 1. The number of carbonyl (C=O) groups is 1. The fraction of sp³-hybridized carbons (Fsp3) is 0.111. The maximum Gasteiger partial charge on any atom is 0.329 e. The van der Waals surface area contributed by atoms with Crippen molar-refractivity contribution >= 4 is 34.8 Å². The van der Waals surface area contributed by atoms with Gasteiger partial charge in [-0.2, -0.15) is 5.26 Å². The molecule has 8 nitrogen and oxygen atoms in total. The summed E-state index contributed by atoms with van der Waals surface area (Å²) < 4.78 is 5.87. The second kappa shape index (κ2) is 9.05. The van der Waals surface area contributed by atoms with Crippen molar-refractivity contribution in [2.75, 3.05) is 28.2 Å².